The zero-order valence-corrected chi connectivity index (χ0v) is 18.3. The number of ether oxygens (including phenoxy) is 3. The van der Waals surface area contributed by atoms with E-state index in [0.29, 0.717) is 13.2 Å². The Morgan fingerprint density at radius 1 is 0.690 bits per heavy atom. The van der Waals surface area contributed by atoms with Crippen LogP contribution in [0.15, 0.2) is 0 Å². The van der Waals surface area contributed by atoms with Gasteiger partial charge in [0.25, 0.3) is 0 Å². The van der Waals surface area contributed by atoms with Crippen LogP contribution < -0.4 is 16.0 Å². The maximum absolute atomic E-state index is 11.6. The summed E-state index contributed by atoms with van der Waals surface area (Å²) in [5.74, 6) is -1.42. The summed E-state index contributed by atoms with van der Waals surface area (Å²) in [6.45, 7) is 10.6. The molecule has 0 aromatic carbocycles. The predicted molar refractivity (Wildman–Crippen MR) is 106 cm³/mol. The quantitative estimate of drug-likeness (QED) is 0.278. The molecule has 0 aliphatic heterocycles. The minimum atomic E-state index is -0.526. The van der Waals surface area contributed by atoms with Crippen LogP contribution in [0.1, 0.15) is 41.5 Å². The molecule has 0 saturated carbocycles. The summed E-state index contributed by atoms with van der Waals surface area (Å²) in [5, 5.41) is 7.43. The Hall–Kier alpha value is -2.04. The number of ketones is 1. The SMILES string of the molecule is CC(C)(C)OCCNC(=O)COCC(=O)NCNC(=O)COCC(=O)C(C)(C)C. The van der Waals surface area contributed by atoms with Crippen molar-refractivity contribution in [1.82, 2.24) is 16.0 Å². The normalized spacial score (nSPS) is 11.7. The summed E-state index contributed by atoms with van der Waals surface area (Å²) in [6, 6.07) is 0. The standard InChI is InChI=1S/C19H35N3O7/c1-18(2,3)14(23)9-27-11-16(25)21-13-22-17(26)12-28-10-15(24)20-7-8-29-19(4,5)6/h7-13H2,1-6H3,(H,20,24)(H,21,25)(H,22,26). The predicted octanol–water partition coefficient (Wildman–Crippen LogP) is -0.244. The lowest BCUT2D eigenvalue weighted by atomic mass is 9.91. The van der Waals surface area contributed by atoms with Gasteiger partial charge in [-0.1, -0.05) is 20.8 Å². The lowest BCUT2D eigenvalue weighted by Crippen LogP contribution is -2.41. The van der Waals surface area contributed by atoms with Gasteiger partial charge in [-0.2, -0.15) is 0 Å². The molecule has 168 valence electrons. The van der Waals surface area contributed by atoms with E-state index in [2.05, 4.69) is 16.0 Å². The van der Waals surface area contributed by atoms with Gasteiger partial charge in [0, 0.05) is 12.0 Å². The van der Waals surface area contributed by atoms with Crippen molar-refractivity contribution in [2.45, 2.75) is 47.1 Å². The Labute approximate surface area is 172 Å². The molecule has 0 saturated heterocycles. The van der Waals surface area contributed by atoms with Gasteiger partial charge in [-0.05, 0) is 20.8 Å². The number of amides is 3. The molecule has 10 heteroatoms. The third kappa shape index (κ3) is 16.6. The van der Waals surface area contributed by atoms with E-state index >= 15 is 0 Å². The number of hydrogen-bond acceptors (Lipinski definition) is 7. The number of hydrogen-bond donors (Lipinski definition) is 3. The fraction of sp³-hybridized carbons (Fsp3) is 0.789. The lowest BCUT2D eigenvalue weighted by molar-refractivity contribution is -0.134. The van der Waals surface area contributed by atoms with Crippen LogP contribution >= 0.6 is 0 Å². The highest BCUT2D eigenvalue weighted by molar-refractivity contribution is 5.85. The van der Waals surface area contributed by atoms with Gasteiger partial charge in [0.15, 0.2) is 5.78 Å². The molecular formula is C19H35N3O7. The zero-order chi connectivity index (χ0) is 22.5. The fourth-order valence-corrected chi connectivity index (χ4v) is 1.63. The third-order valence-corrected chi connectivity index (χ3v) is 3.30. The Bertz CT molecular complexity index is 551. The van der Waals surface area contributed by atoms with E-state index in [1.54, 1.807) is 20.8 Å². The van der Waals surface area contributed by atoms with Crippen LogP contribution in [-0.4, -0.2) is 75.4 Å². The van der Waals surface area contributed by atoms with Crippen molar-refractivity contribution in [1.29, 1.82) is 0 Å². The molecule has 0 bridgehead atoms. The average Bonchev–Trinajstić information content (AvgIpc) is 2.57. The van der Waals surface area contributed by atoms with Crippen LogP contribution in [0, 0.1) is 5.41 Å². The van der Waals surface area contributed by atoms with E-state index in [1.165, 1.54) is 0 Å². The van der Waals surface area contributed by atoms with Gasteiger partial charge < -0.3 is 30.2 Å². The van der Waals surface area contributed by atoms with Crippen molar-refractivity contribution in [2.24, 2.45) is 5.41 Å². The Morgan fingerprint density at radius 2 is 1.14 bits per heavy atom. The molecule has 0 unspecified atom stereocenters. The second-order valence-electron chi connectivity index (χ2n) is 8.35. The van der Waals surface area contributed by atoms with Gasteiger partial charge >= 0.3 is 0 Å². The third-order valence-electron chi connectivity index (χ3n) is 3.30. The first kappa shape index (κ1) is 27.0. The number of carbonyl (C=O) groups excluding carboxylic acids is 4. The topological polar surface area (TPSA) is 132 Å². The molecule has 0 radical (unpaired) electrons. The highest BCUT2D eigenvalue weighted by Crippen LogP contribution is 2.14. The van der Waals surface area contributed by atoms with E-state index in [4.69, 9.17) is 14.2 Å². The van der Waals surface area contributed by atoms with Gasteiger partial charge in [0.2, 0.25) is 17.7 Å². The van der Waals surface area contributed by atoms with Crippen LogP contribution in [0.2, 0.25) is 0 Å². The molecule has 3 N–H and O–H groups in total. The molecule has 0 aliphatic rings. The van der Waals surface area contributed by atoms with E-state index in [9.17, 15) is 19.2 Å². The van der Waals surface area contributed by atoms with Crippen LogP contribution in [-0.2, 0) is 33.4 Å². The van der Waals surface area contributed by atoms with Gasteiger partial charge in [-0.3, -0.25) is 19.2 Å². The van der Waals surface area contributed by atoms with Gasteiger partial charge in [0.05, 0.1) is 18.9 Å². The molecule has 0 aliphatic carbocycles. The summed E-state index contributed by atoms with van der Waals surface area (Å²) in [7, 11) is 0. The molecule has 0 spiro atoms. The second kappa shape index (κ2) is 13.2. The number of rotatable bonds is 13. The van der Waals surface area contributed by atoms with Gasteiger partial charge in [-0.25, -0.2) is 0 Å². The van der Waals surface area contributed by atoms with Crippen molar-refractivity contribution >= 4 is 23.5 Å². The maximum Gasteiger partial charge on any atom is 0.247 e. The van der Waals surface area contributed by atoms with Crippen molar-refractivity contribution in [3.8, 4) is 0 Å². The lowest BCUT2D eigenvalue weighted by Gasteiger charge is -2.19. The highest BCUT2D eigenvalue weighted by Gasteiger charge is 2.21. The van der Waals surface area contributed by atoms with Crippen molar-refractivity contribution in [2.75, 3.05) is 46.2 Å². The minimum absolute atomic E-state index is 0.110. The largest absolute Gasteiger partial charge is 0.374 e. The van der Waals surface area contributed by atoms with E-state index < -0.39 is 17.2 Å². The summed E-state index contributed by atoms with van der Waals surface area (Å²) in [6.07, 6.45) is 0. The van der Waals surface area contributed by atoms with Crippen LogP contribution in [0.4, 0.5) is 0 Å². The van der Waals surface area contributed by atoms with E-state index in [-0.39, 0.29) is 50.4 Å². The molecule has 29 heavy (non-hydrogen) atoms. The van der Waals surface area contributed by atoms with E-state index in [0.717, 1.165) is 0 Å². The zero-order valence-electron chi connectivity index (χ0n) is 18.3. The molecule has 0 aromatic rings. The van der Waals surface area contributed by atoms with Crippen LogP contribution in [0.5, 0.6) is 0 Å². The van der Waals surface area contributed by atoms with Crippen LogP contribution in [0.3, 0.4) is 0 Å². The highest BCUT2D eigenvalue weighted by atomic mass is 16.5. The first-order valence-electron chi connectivity index (χ1n) is 9.44. The maximum atomic E-state index is 11.6. The number of Topliss-reactive ketones (excluding diaryl/α,β-unsaturated/α-hetero) is 1. The Morgan fingerprint density at radius 3 is 1.59 bits per heavy atom. The van der Waals surface area contributed by atoms with E-state index in [1.807, 2.05) is 20.8 Å². The van der Waals surface area contributed by atoms with Gasteiger partial charge in [-0.15, -0.1) is 0 Å². The average molecular weight is 418 g/mol. The monoisotopic (exact) mass is 417 g/mol. The summed E-state index contributed by atoms with van der Waals surface area (Å²) in [4.78, 5) is 46.3. The fourth-order valence-electron chi connectivity index (χ4n) is 1.63. The minimum Gasteiger partial charge on any atom is -0.374 e. The summed E-state index contributed by atoms with van der Waals surface area (Å²) in [5.41, 5.74) is -0.799. The summed E-state index contributed by atoms with van der Waals surface area (Å²) >= 11 is 0. The molecule has 0 heterocycles. The smallest absolute Gasteiger partial charge is 0.247 e. The Kier molecular flexibility index (Phi) is 12.3. The Balaban J connectivity index is 3.70. The number of carbonyl (C=O) groups is 4. The molecule has 0 fully saturated rings. The first-order chi connectivity index (χ1) is 13.3. The van der Waals surface area contributed by atoms with Crippen molar-refractivity contribution in [3.05, 3.63) is 0 Å². The first-order valence-corrected chi connectivity index (χ1v) is 9.44. The summed E-state index contributed by atoms with van der Waals surface area (Å²) < 4.78 is 15.5. The van der Waals surface area contributed by atoms with Crippen molar-refractivity contribution < 1.29 is 33.4 Å². The molecule has 0 atom stereocenters. The number of nitrogens with one attached hydrogen (secondary N) is 3. The molecule has 0 aromatic heterocycles. The molecular weight excluding hydrogens is 382 g/mol. The molecule has 0 rings (SSSR count). The molecule has 10 nitrogen and oxygen atoms in total. The van der Waals surface area contributed by atoms with Crippen LogP contribution in [0.25, 0.3) is 0 Å². The second-order valence-corrected chi connectivity index (χ2v) is 8.35. The molecule has 3 amide bonds. The van der Waals surface area contributed by atoms with Crippen molar-refractivity contribution in [3.63, 3.8) is 0 Å². The van der Waals surface area contributed by atoms with Gasteiger partial charge in [0.1, 0.15) is 26.4 Å².